The highest BCUT2D eigenvalue weighted by Gasteiger charge is 2.12. The molecule has 1 aromatic rings. The van der Waals surface area contributed by atoms with E-state index in [-0.39, 0.29) is 0 Å². The molecule has 0 unspecified atom stereocenters. The minimum Gasteiger partial charge on any atom is -0.507 e. The Bertz CT molecular complexity index is 332. The lowest BCUT2D eigenvalue weighted by molar-refractivity contribution is 0.219. The lowest BCUT2D eigenvalue weighted by atomic mass is 10.1. The summed E-state index contributed by atoms with van der Waals surface area (Å²) in [4.78, 5) is 2.31. The Labute approximate surface area is 98.9 Å². The van der Waals surface area contributed by atoms with Gasteiger partial charge in [-0.2, -0.15) is 0 Å². The predicted molar refractivity (Wildman–Crippen MR) is 68.7 cm³/mol. The molecule has 0 aliphatic heterocycles. The van der Waals surface area contributed by atoms with Gasteiger partial charge in [-0.1, -0.05) is 32.0 Å². The summed E-state index contributed by atoms with van der Waals surface area (Å²) in [6.07, 6.45) is 2.30. The van der Waals surface area contributed by atoms with Crippen LogP contribution < -0.4 is 0 Å². The molecular weight excluding hydrogens is 198 g/mol. The van der Waals surface area contributed by atoms with Crippen LogP contribution in [-0.2, 0) is 6.54 Å². The highest BCUT2D eigenvalue weighted by molar-refractivity contribution is 5.39. The monoisotopic (exact) mass is 221 g/mol. The van der Waals surface area contributed by atoms with Crippen molar-refractivity contribution in [2.75, 3.05) is 7.05 Å². The number of phenolic OH excluding ortho intramolecular Hbond substituents is 1. The van der Waals surface area contributed by atoms with Gasteiger partial charge in [0.15, 0.2) is 0 Å². The summed E-state index contributed by atoms with van der Waals surface area (Å²) in [5.74, 6) is 0.445. The lowest BCUT2D eigenvalue weighted by Crippen LogP contribution is -2.30. The number of benzene rings is 1. The van der Waals surface area contributed by atoms with Crippen molar-refractivity contribution in [2.24, 2.45) is 0 Å². The molecule has 90 valence electrons. The molecule has 1 rings (SSSR count). The average Bonchev–Trinajstić information content (AvgIpc) is 2.26. The van der Waals surface area contributed by atoms with Gasteiger partial charge in [0.25, 0.3) is 0 Å². The molecule has 0 heterocycles. The quantitative estimate of drug-likeness (QED) is 0.824. The predicted octanol–water partition coefficient (Wildman–Crippen LogP) is 3.32. The molecule has 16 heavy (non-hydrogen) atoms. The van der Waals surface area contributed by atoms with E-state index in [4.69, 9.17) is 0 Å². The van der Waals surface area contributed by atoms with Crippen LogP contribution >= 0.6 is 0 Å². The van der Waals surface area contributed by atoms with Gasteiger partial charge in [-0.05, 0) is 32.4 Å². The van der Waals surface area contributed by atoms with Gasteiger partial charge in [-0.25, -0.2) is 0 Å². The normalized spacial score (nSPS) is 11.4. The van der Waals surface area contributed by atoms with Crippen LogP contribution in [0.25, 0.3) is 0 Å². The Hall–Kier alpha value is -1.02. The maximum absolute atomic E-state index is 9.95. The maximum atomic E-state index is 9.95. The second-order valence-corrected chi connectivity index (χ2v) is 4.47. The first-order valence-corrected chi connectivity index (χ1v) is 6.07. The zero-order chi connectivity index (χ0) is 12.1. The van der Waals surface area contributed by atoms with Crippen LogP contribution in [0.2, 0.25) is 0 Å². The fraction of sp³-hybridized carbons (Fsp3) is 0.571. The second kappa shape index (κ2) is 5.90. The summed E-state index contributed by atoms with van der Waals surface area (Å²) in [5.41, 5.74) is 1.98. The van der Waals surface area contributed by atoms with Crippen LogP contribution in [0.15, 0.2) is 18.2 Å². The molecular formula is C14H23NO. The third kappa shape index (κ3) is 2.99. The van der Waals surface area contributed by atoms with Crippen LogP contribution in [0, 0.1) is 6.92 Å². The van der Waals surface area contributed by atoms with Gasteiger partial charge in [-0.15, -0.1) is 0 Å². The van der Waals surface area contributed by atoms with E-state index in [0.29, 0.717) is 11.8 Å². The highest BCUT2D eigenvalue weighted by atomic mass is 16.3. The Morgan fingerprint density at radius 3 is 2.44 bits per heavy atom. The Balaban J connectivity index is 2.76. The largest absolute Gasteiger partial charge is 0.507 e. The van der Waals surface area contributed by atoms with E-state index < -0.39 is 0 Å². The number of aromatic hydroxyl groups is 1. The van der Waals surface area contributed by atoms with Gasteiger partial charge in [-0.3, -0.25) is 4.90 Å². The molecule has 0 amide bonds. The zero-order valence-electron chi connectivity index (χ0n) is 10.8. The number of rotatable bonds is 5. The van der Waals surface area contributed by atoms with Crippen molar-refractivity contribution in [3.63, 3.8) is 0 Å². The summed E-state index contributed by atoms with van der Waals surface area (Å²) in [7, 11) is 2.12. The topological polar surface area (TPSA) is 23.5 Å². The molecule has 0 atom stereocenters. The third-order valence-electron chi connectivity index (χ3n) is 3.31. The SMILES string of the molecule is CCC(CC)N(C)Cc1cccc(C)c1O. The van der Waals surface area contributed by atoms with Gasteiger partial charge >= 0.3 is 0 Å². The molecule has 0 saturated carbocycles. The van der Waals surface area contributed by atoms with Crippen LogP contribution in [0.5, 0.6) is 5.75 Å². The van der Waals surface area contributed by atoms with Crippen LogP contribution in [-0.4, -0.2) is 23.1 Å². The van der Waals surface area contributed by atoms with Crippen molar-refractivity contribution in [1.29, 1.82) is 0 Å². The summed E-state index contributed by atoms with van der Waals surface area (Å²) >= 11 is 0. The molecule has 0 aliphatic carbocycles. The summed E-state index contributed by atoms with van der Waals surface area (Å²) in [5, 5.41) is 9.95. The maximum Gasteiger partial charge on any atom is 0.122 e. The minimum atomic E-state index is 0.445. The van der Waals surface area contributed by atoms with Gasteiger partial charge in [0.05, 0.1) is 0 Å². The number of nitrogens with zero attached hydrogens (tertiary/aromatic N) is 1. The smallest absolute Gasteiger partial charge is 0.122 e. The summed E-state index contributed by atoms with van der Waals surface area (Å²) in [6.45, 7) is 7.18. The van der Waals surface area contributed by atoms with E-state index in [2.05, 4.69) is 25.8 Å². The van der Waals surface area contributed by atoms with Gasteiger partial charge in [0.2, 0.25) is 0 Å². The van der Waals surface area contributed by atoms with Crippen molar-refractivity contribution >= 4 is 0 Å². The molecule has 0 radical (unpaired) electrons. The Morgan fingerprint density at radius 2 is 1.88 bits per heavy atom. The molecule has 0 aliphatic rings. The van der Waals surface area contributed by atoms with E-state index in [1.165, 1.54) is 0 Å². The number of hydrogen-bond acceptors (Lipinski definition) is 2. The van der Waals surface area contributed by atoms with Crippen molar-refractivity contribution in [3.8, 4) is 5.75 Å². The minimum absolute atomic E-state index is 0.445. The fourth-order valence-electron chi connectivity index (χ4n) is 2.16. The van der Waals surface area contributed by atoms with Crippen molar-refractivity contribution in [1.82, 2.24) is 4.90 Å². The Morgan fingerprint density at radius 1 is 1.25 bits per heavy atom. The van der Waals surface area contributed by atoms with Gasteiger partial charge < -0.3 is 5.11 Å². The van der Waals surface area contributed by atoms with E-state index in [1.807, 2.05) is 25.1 Å². The standard InChI is InChI=1S/C14H23NO/c1-5-13(6-2)15(4)10-12-9-7-8-11(3)14(12)16/h7-9,13,16H,5-6,10H2,1-4H3. The highest BCUT2D eigenvalue weighted by Crippen LogP contribution is 2.23. The number of para-hydroxylation sites is 1. The molecule has 2 heteroatoms. The first-order valence-electron chi connectivity index (χ1n) is 6.07. The summed E-state index contributed by atoms with van der Waals surface area (Å²) < 4.78 is 0. The van der Waals surface area contributed by atoms with Gasteiger partial charge in [0, 0.05) is 18.2 Å². The molecule has 1 aromatic carbocycles. The Kier molecular flexibility index (Phi) is 4.81. The first kappa shape index (κ1) is 13.0. The van der Waals surface area contributed by atoms with Crippen LogP contribution in [0.4, 0.5) is 0 Å². The second-order valence-electron chi connectivity index (χ2n) is 4.47. The lowest BCUT2D eigenvalue weighted by Gasteiger charge is -2.26. The molecule has 1 N–H and O–H groups in total. The van der Waals surface area contributed by atoms with E-state index in [1.54, 1.807) is 0 Å². The first-order chi connectivity index (χ1) is 7.60. The average molecular weight is 221 g/mol. The van der Waals surface area contributed by atoms with Crippen molar-refractivity contribution in [2.45, 2.75) is 46.2 Å². The fourth-order valence-corrected chi connectivity index (χ4v) is 2.16. The van der Waals surface area contributed by atoms with Crippen molar-refractivity contribution < 1.29 is 5.11 Å². The number of aryl methyl sites for hydroxylation is 1. The molecule has 0 saturated heterocycles. The van der Waals surface area contributed by atoms with E-state index in [0.717, 1.165) is 30.5 Å². The van der Waals surface area contributed by atoms with Crippen molar-refractivity contribution in [3.05, 3.63) is 29.3 Å². The molecule has 0 spiro atoms. The van der Waals surface area contributed by atoms with Crippen LogP contribution in [0.3, 0.4) is 0 Å². The number of phenols is 1. The third-order valence-corrected chi connectivity index (χ3v) is 3.31. The molecule has 0 bridgehead atoms. The number of hydrogen-bond donors (Lipinski definition) is 1. The molecule has 2 nitrogen and oxygen atoms in total. The van der Waals surface area contributed by atoms with Crippen LogP contribution in [0.1, 0.15) is 37.8 Å². The van der Waals surface area contributed by atoms with Gasteiger partial charge in [0.1, 0.15) is 5.75 Å². The zero-order valence-corrected chi connectivity index (χ0v) is 10.8. The molecule has 0 fully saturated rings. The van der Waals surface area contributed by atoms with E-state index in [9.17, 15) is 5.11 Å². The van der Waals surface area contributed by atoms with E-state index >= 15 is 0 Å². The molecule has 0 aromatic heterocycles. The summed E-state index contributed by atoms with van der Waals surface area (Å²) in [6, 6.07) is 6.54.